The fourth-order valence-corrected chi connectivity index (χ4v) is 3.99. The van der Waals surface area contributed by atoms with E-state index in [-0.39, 0.29) is 14.9 Å². The highest BCUT2D eigenvalue weighted by atomic mass is 35.5. The number of nitrogens with zero attached hydrogens (tertiary/aromatic N) is 3. The SMILES string of the molecule is Cc1c(C=C(C#N)S(=O)(=O)c2cc(Cl)ccc2Cl)cc(C#N)n1C. The third-order valence-corrected chi connectivity index (χ3v) is 5.94. The Labute approximate surface area is 149 Å². The second kappa shape index (κ2) is 6.70. The van der Waals surface area contributed by atoms with Crippen LogP contribution in [0.25, 0.3) is 6.08 Å². The largest absolute Gasteiger partial charge is 0.339 e. The van der Waals surface area contributed by atoms with E-state index in [1.807, 2.05) is 6.07 Å². The third kappa shape index (κ3) is 3.18. The molecular weight excluding hydrogens is 369 g/mol. The maximum atomic E-state index is 12.7. The van der Waals surface area contributed by atoms with Gasteiger partial charge in [-0.2, -0.15) is 10.5 Å². The van der Waals surface area contributed by atoms with E-state index < -0.39 is 14.7 Å². The van der Waals surface area contributed by atoms with Gasteiger partial charge in [0.2, 0.25) is 9.84 Å². The number of halogens is 2. The molecule has 24 heavy (non-hydrogen) atoms. The van der Waals surface area contributed by atoms with Crippen LogP contribution in [0.4, 0.5) is 0 Å². The lowest BCUT2D eigenvalue weighted by Crippen LogP contribution is -2.04. The zero-order valence-corrected chi connectivity index (χ0v) is 15.0. The van der Waals surface area contributed by atoms with Crippen LogP contribution in [0.5, 0.6) is 0 Å². The fraction of sp³-hybridized carbons (Fsp3) is 0.125. The zero-order chi connectivity index (χ0) is 18.1. The summed E-state index contributed by atoms with van der Waals surface area (Å²) in [6.45, 7) is 1.72. The Hall–Kier alpha value is -2.25. The molecule has 0 aliphatic rings. The van der Waals surface area contributed by atoms with Crippen LogP contribution in [-0.4, -0.2) is 13.0 Å². The third-order valence-electron chi connectivity index (χ3n) is 3.56. The predicted octanol–water partition coefficient (Wildman–Crippen LogP) is 3.85. The highest BCUT2D eigenvalue weighted by Gasteiger charge is 2.24. The topological polar surface area (TPSA) is 86.7 Å². The smallest absolute Gasteiger partial charge is 0.218 e. The Morgan fingerprint density at radius 1 is 1.25 bits per heavy atom. The Balaban J connectivity index is 2.66. The van der Waals surface area contributed by atoms with Crippen molar-refractivity contribution in [3.8, 4) is 12.1 Å². The number of sulfone groups is 1. The van der Waals surface area contributed by atoms with E-state index in [4.69, 9.17) is 28.5 Å². The summed E-state index contributed by atoms with van der Waals surface area (Å²) < 4.78 is 27.0. The number of aromatic nitrogens is 1. The van der Waals surface area contributed by atoms with Crippen LogP contribution in [-0.2, 0) is 16.9 Å². The molecule has 122 valence electrons. The Bertz CT molecular complexity index is 1040. The molecule has 0 saturated heterocycles. The molecule has 0 spiro atoms. The Kier molecular flexibility index (Phi) is 5.05. The molecular formula is C16H11Cl2N3O2S. The summed E-state index contributed by atoms with van der Waals surface area (Å²) in [7, 11) is -2.46. The van der Waals surface area contributed by atoms with Crippen LogP contribution >= 0.6 is 23.2 Å². The van der Waals surface area contributed by atoms with Gasteiger partial charge in [-0.3, -0.25) is 0 Å². The second-order valence-corrected chi connectivity index (χ2v) is 7.67. The molecule has 0 saturated carbocycles. The standard InChI is InChI=1S/C16H11Cl2N3O2S/c1-10-11(5-13(8-19)21(10)2)6-14(9-20)24(22,23)16-7-12(17)3-4-15(16)18/h3-7H,1-2H3. The van der Waals surface area contributed by atoms with Gasteiger partial charge in [0.1, 0.15) is 22.7 Å². The van der Waals surface area contributed by atoms with E-state index in [0.717, 1.165) is 0 Å². The van der Waals surface area contributed by atoms with Crippen molar-refractivity contribution in [2.75, 3.05) is 0 Å². The van der Waals surface area contributed by atoms with Gasteiger partial charge < -0.3 is 4.57 Å². The molecule has 0 amide bonds. The lowest BCUT2D eigenvalue weighted by molar-refractivity contribution is 0.603. The van der Waals surface area contributed by atoms with E-state index in [1.54, 1.807) is 24.6 Å². The summed E-state index contributed by atoms with van der Waals surface area (Å²) in [6, 6.07) is 9.21. The highest BCUT2D eigenvalue weighted by molar-refractivity contribution is 7.95. The molecule has 0 N–H and O–H groups in total. The molecule has 0 unspecified atom stereocenters. The van der Waals surface area contributed by atoms with Crippen molar-refractivity contribution in [2.45, 2.75) is 11.8 Å². The predicted molar refractivity (Wildman–Crippen MR) is 92.1 cm³/mol. The van der Waals surface area contributed by atoms with Crippen LogP contribution < -0.4 is 0 Å². The highest BCUT2D eigenvalue weighted by Crippen LogP contribution is 2.30. The average Bonchev–Trinajstić information content (AvgIpc) is 2.82. The molecule has 0 aliphatic carbocycles. The van der Waals surface area contributed by atoms with Crippen molar-refractivity contribution >= 4 is 39.1 Å². The second-order valence-electron chi connectivity index (χ2n) is 4.94. The lowest BCUT2D eigenvalue weighted by Gasteiger charge is -2.06. The first-order chi connectivity index (χ1) is 11.2. The minimum absolute atomic E-state index is 0.0250. The van der Waals surface area contributed by atoms with Crippen molar-refractivity contribution in [2.24, 2.45) is 7.05 Å². The zero-order valence-electron chi connectivity index (χ0n) is 12.7. The van der Waals surface area contributed by atoms with Crippen LogP contribution in [0, 0.1) is 29.6 Å². The fourth-order valence-electron chi connectivity index (χ4n) is 2.09. The summed E-state index contributed by atoms with van der Waals surface area (Å²) in [4.78, 5) is -0.719. The van der Waals surface area contributed by atoms with Gasteiger partial charge in [-0.05, 0) is 42.8 Å². The van der Waals surface area contributed by atoms with E-state index in [2.05, 4.69) is 0 Å². The molecule has 0 radical (unpaired) electrons. The summed E-state index contributed by atoms with van der Waals surface area (Å²) in [5.41, 5.74) is 1.48. The molecule has 8 heteroatoms. The van der Waals surface area contributed by atoms with Crippen molar-refractivity contribution in [3.63, 3.8) is 0 Å². The Morgan fingerprint density at radius 3 is 2.46 bits per heavy atom. The molecule has 1 aromatic heterocycles. The molecule has 2 rings (SSSR count). The molecule has 0 atom stereocenters. The van der Waals surface area contributed by atoms with Crippen molar-refractivity contribution < 1.29 is 8.42 Å². The van der Waals surface area contributed by atoms with Gasteiger partial charge in [-0.1, -0.05) is 23.2 Å². The number of rotatable bonds is 3. The van der Waals surface area contributed by atoms with Gasteiger partial charge in [-0.25, -0.2) is 8.42 Å². The van der Waals surface area contributed by atoms with Crippen LogP contribution in [0.1, 0.15) is 17.0 Å². The minimum Gasteiger partial charge on any atom is -0.339 e. The molecule has 0 aliphatic heterocycles. The molecule has 0 bridgehead atoms. The summed E-state index contributed by atoms with van der Waals surface area (Å²) >= 11 is 11.8. The monoisotopic (exact) mass is 379 g/mol. The van der Waals surface area contributed by atoms with Gasteiger partial charge in [0.25, 0.3) is 0 Å². The first-order valence-corrected chi connectivity index (χ1v) is 8.84. The number of hydrogen-bond donors (Lipinski definition) is 0. The number of nitriles is 2. The Morgan fingerprint density at radius 2 is 1.92 bits per heavy atom. The summed E-state index contributed by atoms with van der Waals surface area (Å²) in [5, 5.41) is 18.5. The van der Waals surface area contributed by atoms with Gasteiger partial charge >= 0.3 is 0 Å². The number of allylic oxidation sites excluding steroid dienone is 1. The quantitative estimate of drug-likeness (QED) is 0.757. The maximum Gasteiger partial charge on any atom is 0.218 e. The van der Waals surface area contributed by atoms with E-state index in [1.165, 1.54) is 30.3 Å². The number of benzene rings is 1. The summed E-state index contributed by atoms with van der Waals surface area (Å²) in [5.74, 6) is 0. The molecule has 5 nitrogen and oxygen atoms in total. The number of hydrogen-bond acceptors (Lipinski definition) is 4. The first-order valence-electron chi connectivity index (χ1n) is 6.60. The van der Waals surface area contributed by atoms with Gasteiger partial charge in [-0.15, -0.1) is 0 Å². The van der Waals surface area contributed by atoms with Crippen LogP contribution in [0.15, 0.2) is 34.1 Å². The first kappa shape index (κ1) is 18.1. The average molecular weight is 380 g/mol. The van der Waals surface area contributed by atoms with E-state index >= 15 is 0 Å². The van der Waals surface area contributed by atoms with E-state index in [9.17, 15) is 13.7 Å². The molecule has 0 fully saturated rings. The normalized spacial score (nSPS) is 11.8. The van der Waals surface area contributed by atoms with E-state index in [0.29, 0.717) is 17.0 Å². The molecule has 2 aromatic rings. The maximum absolute atomic E-state index is 12.7. The van der Waals surface area contributed by atoms with Crippen LogP contribution in [0.3, 0.4) is 0 Å². The molecule has 1 heterocycles. The lowest BCUT2D eigenvalue weighted by atomic mass is 10.2. The minimum atomic E-state index is -4.14. The van der Waals surface area contributed by atoms with Gasteiger partial charge in [0, 0.05) is 17.8 Å². The van der Waals surface area contributed by atoms with Crippen LogP contribution in [0.2, 0.25) is 10.0 Å². The van der Waals surface area contributed by atoms with Crippen molar-refractivity contribution in [1.29, 1.82) is 10.5 Å². The van der Waals surface area contributed by atoms with Gasteiger partial charge in [0.15, 0.2) is 0 Å². The molecule has 1 aromatic carbocycles. The van der Waals surface area contributed by atoms with Gasteiger partial charge in [0.05, 0.1) is 9.92 Å². The van der Waals surface area contributed by atoms with Crippen molar-refractivity contribution in [1.82, 2.24) is 4.57 Å². The van der Waals surface area contributed by atoms with Crippen molar-refractivity contribution in [3.05, 3.63) is 56.2 Å². The summed E-state index contributed by atoms with van der Waals surface area (Å²) in [6.07, 6.45) is 1.22.